The molecule has 1 unspecified atom stereocenters. The van der Waals surface area contributed by atoms with Crippen LogP contribution in [0.5, 0.6) is 0 Å². The minimum atomic E-state index is -1.11. The van der Waals surface area contributed by atoms with Crippen LogP contribution in [0.4, 0.5) is 0 Å². The largest absolute Gasteiger partial charge is 0.466 e. The molecule has 1 aromatic rings. The minimum Gasteiger partial charge on any atom is -0.466 e. The molecule has 1 rings (SSSR count). The second-order valence-electron chi connectivity index (χ2n) is 4.72. The maximum absolute atomic E-state index is 10.3. The van der Waals surface area contributed by atoms with Crippen molar-refractivity contribution in [1.82, 2.24) is 10.6 Å². The molecule has 0 fully saturated rings. The number of guanidine groups is 1. The van der Waals surface area contributed by atoms with E-state index < -0.39 is 5.60 Å². The Kier molecular flexibility index (Phi) is 10.4. The number of hydrogen-bond donors (Lipinski definition) is 3. The zero-order valence-electron chi connectivity index (χ0n) is 12.9. The van der Waals surface area contributed by atoms with E-state index in [1.807, 2.05) is 6.92 Å². The van der Waals surface area contributed by atoms with Crippen LogP contribution >= 0.6 is 24.0 Å². The van der Waals surface area contributed by atoms with E-state index in [2.05, 4.69) is 15.6 Å². The Labute approximate surface area is 143 Å². The molecular formula is C14H26IN3O3. The van der Waals surface area contributed by atoms with Gasteiger partial charge in [-0.05, 0) is 32.4 Å². The Morgan fingerprint density at radius 1 is 1.48 bits per heavy atom. The predicted octanol–water partition coefficient (Wildman–Crippen LogP) is 1.70. The fourth-order valence-electron chi connectivity index (χ4n) is 1.66. The summed E-state index contributed by atoms with van der Waals surface area (Å²) in [6.45, 7) is 6.14. The van der Waals surface area contributed by atoms with E-state index in [0.29, 0.717) is 18.3 Å². The van der Waals surface area contributed by atoms with E-state index in [0.717, 1.165) is 19.5 Å². The molecule has 7 heteroatoms. The maximum Gasteiger partial charge on any atom is 0.191 e. The predicted molar refractivity (Wildman–Crippen MR) is 94.2 cm³/mol. The van der Waals surface area contributed by atoms with Crippen LogP contribution in [0.3, 0.4) is 0 Å². The summed E-state index contributed by atoms with van der Waals surface area (Å²) < 4.78 is 10.2. The third kappa shape index (κ3) is 7.68. The molecule has 0 spiro atoms. The van der Waals surface area contributed by atoms with Gasteiger partial charge in [-0.25, -0.2) is 4.99 Å². The first-order valence-electron chi connectivity index (χ1n) is 6.87. The molecule has 0 aliphatic rings. The molecule has 0 saturated heterocycles. The third-order valence-corrected chi connectivity index (χ3v) is 2.76. The summed E-state index contributed by atoms with van der Waals surface area (Å²) in [6.07, 6.45) is 2.44. The lowest BCUT2D eigenvalue weighted by atomic mass is 10.0. The van der Waals surface area contributed by atoms with Gasteiger partial charge in [0.15, 0.2) is 5.96 Å². The molecule has 0 aromatic carbocycles. The normalized spacial score (nSPS) is 14.2. The van der Waals surface area contributed by atoms with Gasteiger partial charge in [0.1, 0.15) is 11.4 Å². The topological polar surface area (TPSA) is 79.0 Å². The van der Waals surface area contributed by atoms with E-state index >= 15 is 0 Å². The molecule has 6 nitrogen and oxygen atoms in total. The van der Waals surface area contributed by atoms with Gasteiger partial charge in [0.05, 0.1) is 12.8 Å². The van der Waals surface area contributed by atoms with Gasteiger partial charge in [0, 0.05) is 26.8 Å². The number of methoxy groups -OCH3 is 1. The number of furan rings is 1. The highest BCUT2D eigenvalue weighted by Gasteiger charge is 2.25. The SMILES string of the molecule is CCNC(=NCC(C)(O)c1ccco1)NCCCOC.I. The van der Waals surface area contributed by atoms with Gasteiger partial charge >= 0.3 is 0 Å². The molecule has 0 saturated carbocycles. The first kappa shape index (κ1) is 20.2. The highest BCUT2D eigenvalue weighted by atomic mass is 127. The van der Waals surface area contributed by atoms with E-state index in [1.54, 1.807) is 32.4 Å². The summed E-state index contributed by atoms with van der Waals surface area (Å²) in [4.78, 5) is 4.38. The highest BCUT2D eigenvalue weighted by molar-refractivity contribution is 14.0. The van der Waals surface area contributed by atoms with Crippen molar-refractivity contribution in [2.75, 3.05) is 33.4 Å². The smallest absolute Gasteiger partial charge is 0.191 e. The Morgan fingerprint density at radius 2 is 2.24 bits per heavy atom. The number of nitrogens with zero attached hydrogens (tertiary/aromatic N) is 1. The number of nitrogens with one attached hydrogen (secondary N) is 2. The van der Waals surface area contributed by atoms with Crippen LogP contribution in [0.25, 0.3) is 0 Å². The molecule has 122 valence electrons. The number of ether oxygens (including phenoxy) is 1. The second-order valence-corrected chi connectivity index (χ2v) is 4.72. The summed E-state index contributed by atoms with van der Waals surface area (Å²) >= 11 is 0. The van der Waals surface area contributed by atoms with Gasteiger partial charge in [-0.1, -0.05) is 0 Å². The summed E-state index contributed by atoms with van der Waals surface area (Å²) in [5, 5.41) is 16.6. The first-order chi connectivity index (χ1) is 9.60. The summed E-state index contributed by atoms with van der Waals surface area (Å²) in [7, 11) is 1.68. The van der Waals surface area contributed by atoms with Crippen molar-refractivity contribution >= 4 is 29.9 Å². The lowest BCUT2D eigenvalue weighted by Crippen LogP contribution is -2.39. The molecule has 3 N–H and O–H groups in total. The quantitative estimate of drug-likeness (QED) is 0.263. The van der Waals surface area contributed by atoms with Gasteiger partial charge in [0.25, 0.3) is 0 Å². The van der Waals surface area contributed by atoms with E-state index in [9.17, 15) is 5.11 Å². The van der Waals surface area contributed by atoms with Crippen molar-refractivity contribution in [3.05, 3.63) is 24.2 Å². The Balaban J connectivity index is 0.00000400. The van der Waals surface area contributed by atoms with Crippen LogP contribution in [-0.4, -0.2) is 44.4 Å². The van der Waals surface area contributed by atoms with E-state index in [4.69, 9.17) is 9.15 Å². The zero-order chi connectivity index (χ0) is 14.8. The van der Waals surface area contributed by atoms with Crippen LogP contribution < -0.4 is 10.6 Å². The van der Waals surface area contributed by atoms with Gasteiger partial charge in [-0.3, -0.25) is 0 Å². The van der Waals surface area contributed by atoms with Crippen molar-refractivity contribution in [3.63, 3.8) is 0 Å². The van der Waals surface area contributed by atoms with E-state index in [1.165, 1.54) is 0 Å². The lowest BCUT2D eigenvalue weighted by Gasteiger charge is -2.19. The van der Waals surface area contributed by atoms with Gasteiger partial charge in [-0.2, -0.15) is 0 Å². The molecule has 0 amide bonds. The zero-order valence-corrected chi connectivity index (χ0v) is 15.2. The van der Waals surface area contributed by atoms with Crippen molar-refractivity contribution in [3.8, 4) is 0 Å². The van der Waals surface area contributed by atoms with Crippen LogP contribution in [0.2, 0.25) is 0 Å². The van der Waals surface area contributed by atoms with Crippen molar-refractivity contribution < 1.29 is 14.3 Å². The number of rotatable bonds is 8. The molecule has 0 aliphatic carbocycles. The molecule has 0 radical (unpaired) electrons. The van der Waals surface area contributed by atoms with Crippen LogP contribution in [0, 0.1) is 0 Å². The number of halogens is 1. The molecule has 0 bridgehead atoms. The summed E-state index contributed by atoms with van der Waals surface area (Å²) in [6, 6.07) is 3.50. The number of aliphatic imine (C=N–C) groups is 1. The molecule has 1 heterocycles. The molecule has 1 aromatic heterocycles. The van der Waals surface area contributed by atoms with Gasteiger partial charge < -0.3 is 24.9 Å². The Hall–Kier alpha value is -0.800. The number of hydrogen-bond acceptors (Lipinski definition) is 4. The summed E-state index contributed by atoms with van der Waals surface area (Å²) in [5.74, 6) is 1.19. The standard InChI is InChI=1S/C14H25N3O3.HI/c1-4-15-13(16-8-6-9-19-3)17-11-14(2,18)12-7-5-10-20-12;/h5,7,10,18H,4,6,8-9,11H2,1-3H3,(H2,15,16,17);1H. The lowest BCUT2D eigenvalue weighted by molar-refractivity contribution is 0.0437. The fourth-order valence-corrected chi connectivity index (χ4v) is 1.66. The highest BCUT2D eigenvalue weighted by Crippen LogP contribution is 2.20. The monoisotopic (exact) mass is 411 g/mol. The van der Waals surface area contributed by atoms with Crippen molar-refractivity contribution in [1.29, 1.82) is 0 Å². The van der Waals surface area contributed by atoms with Gasteiger partial charge in [-0.15, -0.1) is 24.0 Å². The van der Waals surface area contributed by atoms with Crippen LogP contribution in [0.1, 0.15) is 26.0 Å². The van der Waals surface area contributed by atoms with Gasteiger partial charge in [0.2, 0.25) is 0 Å². The summed E-state index contributed by atoms with van der Waals surface area (Å²) in [5.41, 5.74) is -1.11. The average molecular weight is 411 g/mol. The van der Waals surface area contributed by atoms with E-state index in [-0.39, 0.29) is 30.5 Å². The first-order valence-corrected chi connectivity index (χ1v) is 6.87. The molecule has 1 atom stereocenters. The fraction of sp³-hybridized carbons (Fsp3) is 0.643. The second kappa shape index (κ2) is 10.9. The Bertz CT molecular complexity index is 394. The van der Waals surface area contributed by atoms with Crippen molar-refractivity contribution in [2.45, 2.75) is 25.9 Å². The Morgan fingerprint density at radius 3 is 2.81 bits per heavy atom. The molecule has 21 heavy (non-hydrogen) atoms. The third-order valence-electron chi connectivity index (χ3n) is 2.76. The maximum atomic E-state index is 10.3. The van der Waals surface area contributed by atoms with Crippen LogP contribution in [-0.2, 0) is 10.3 Å². The minimum absolute atomic E-state index is 0. The average Bonchev–Trinajstić information content (AvgIpc) is 2.95. The van der Waals surface area contributed by atoms with Crippen LogP contribution in [0.15, 0.2) is 27.8 Å². The molecule has 0 aliphatic heterocycles. The number of aliphatic hydroxyl groups is 1. The molecular weight excluding hydrogens is 385 g/mol. The van der Waals surface area contributed by atoms with Crippen molar-refractivity contribution in [2.24, 2.45) is 4.99 Å².